The van der Waals surface area contributed by atoms with Crippen LogP contribution in [0, 0.1) is 0 Å². The summed E-state index contributed by atoms with van der Waals surface area (Å²) in [6.45, 7) is 1.11. The number of halogens is 4. The van der Waals surface area contributed by atoms with Crippen molar-refractivity contribution in [3.05, 3.63) is 23.9 Å². The van der Waals surface area contributed by atoms with Gasteiger partial charge in [0, 0.05) is 24.5 Å². The lowest BCUT2D eigenvalue weighted by Gasteiger charge is -2.10. The van der Waals surface area contributed by atoms with Crippen molar-refractivity contribution >= 4 is 30.1 Å². The van der Waals surface area contributed by atoms with Gasteiger partial charge in [-0.25, -0.2) is 4.98 Å². The Hall–Kier alpha value is -0.990. The minimum absolute atomic E-state index is 0. The smallest absolute Gasteiger partial charge is 0.352 e. The van der Waals surface area contributed by atoms with Gasteiger partial charge in [0.05, 0.1) is 5.56 Å². The molecule has 1 aromatic heterocycles. The second kappa shape index (κ2) is 9.04. The maximum atomic E-state index is 12.3. The number of aromatic nitrogens is 1. The molecule has 114 valence electrons. The highest BCUT2D eigenvalue weighted by atomic mass is 35.5. The standard InChI is InChI=1S/C11H14F3N3OS.ClH/c1-15-5-3-7-16-9(18)8-4-2-6-17-10(8)19-11(12,13)14;/h2,4,6,15H,3,5,7H2,1H3,(H,16,18);1H. The van der Waals surface area contributed by atoms with E-state index in [0.717, 1.165) is 6.54 Å². The van der Waals surface area contributed by atoms with Gasteiger partial charge in [0.1, 0.15) is 5.03 Å². The number of thioether (sulfide) groups is 1. The molecule has 1 amide bonds. The van der Waals surface area contributed by atoms with Crippen molar-refractivity contribution in [2.75, 3.05) is 20.1 Å². The molecule has 9 heteroatoms. The first-order chi connectivity index (χ1) is 8.94. The molecule has 0 aromatic carbocycles. The molecule has 0 radical (unpaired) electrons. The molecule has 1 heterocycles. The first kappa shape index (κ1) is 19.0. The van der Waals surface area contributed by atoms with Gasteiger partial charge >= 0.3 is 5.51 Å². The predicted molar refractivity (Wildman–Crippen MR) is 74.3 cm³/mol. The number of nitrogens with one attached hydrogen (secondary N) is 2. The van der Waals surface area contributed by atoms with E-state index in [9.17, 15) is 18.0 Å². The van der Waals surface area contributed by atoms with Crippen molar-refractivity contribution in [3.8, 4) is 0 Å². The average molecular weight is 330 g/mol. The molecular weight excluding hydrogens is 315 g/mol. The highest BCUT2D eigenvalue weighted by Crippen LogP contribution is 2.37. The first-order valence-corrected chi connectivity index (χ1v) is 6.39. The molecule has 2 N–H and O–H groups in total. The summed E-state index contributed by atoms with van der Waals surface area (Å²) in [7, 11) is 1.78. The third-order valence-corrected chi connectivity index (χ3v) is 2.87. The summed E-state index contributed by atoms with van der Waals surface area (Å²) < 4.78 is 37.0. The van der Waals surface area contributed by atoms with Gasteiger partial charge in [-0.3, -0.25) is 4.79 Å². The van der Waals surface area contributed by atoms with Crippen molar-refractivity contribution in [1.29, 1.82) is 0 Å². The van der Waals surface area contributed by atoms with Gasteiger partial charge in [-0.2, -0.15) is 13.2 Å². The minimum atomic E-state index is -4.46. The lowest BCUT2D eigenvalue weighted by Crippen LogP contribution is -2.27. The molecule has 20 heavy (non-hydrogen) atoms. The van der Waals surface area contributed by atoms with Gasteiger partial charge in [-0.15, -0.1) is 12.4 Å². The lowest BCUT2D eigenvalue weighted by molar-refractivity contribution is -0.0329. The molecule has 0 fully saturated rings. The van der Waals surface area contributed by atoms with E-state index in [0.29, 0.717) is 13.0 Å². The van der Waals surface area contributed by atoms with E-state index in [1.807, 2.05) is 0 Å². The van der Waals surface area contributed by atoms with Crippen molar-refractivity contribution in [3.63, 3.8) is 0 Å². The summed E-state index contributed by atoms with van der Waals surface area (Å²) in [6.07, 6.45) is 1.93. The fraction of sp³-hybridized carbons (Fsp3) is 0.455. The molecule has 0 saturated carbocycles. The largest absolute Gasteiger partial charge is 0.447 e. The Balaban J connectivity index is 0.00000361. The van der Waals surface area contributed by atoms with Gasteiger partial charge in [0.15, 0.2) is 0 Å². The van der Waals surface area contributed by atoms with Crippen molar-refractivity contribution in [1.82, 2.24) is 15.6 Å². The number of hydrogen-bond donors (Lipinski definition) is 2. The Morgan fingerprint density at radius 1 is 1.40 bits per heavy atom. The quantitative estimate of drug-likeness (QED) is 0.622. The fourth-order valence-electron chi connectivity index (χ4n) is 1.32. The van der Waals surface area contributed by atoms with E-state index >= 15 is 0 Å². The van der Waals surface area contributed by atoms with E-state index in [4.69, 9.17) is 0 Å². The number of carbonyl (C=O) groups excluding carboxylic acids is 1. The third-order valence-electron chi connectivity index (χ3n) is 2.12. The topological polar surface area (TPSA) is 54.0 Å². The second-order valence-corrected chi connectivity index (χ2v) is 4.67. The second-order valence-electron chi connectivity index (χ2n) is 3.62. The van der Waals surface area contributed by atoms with Crippen LogP contribution in [0.1, 0.15) is 16.8 Å². The van der Waals surface area contributed by atoms with Crippen LogP contribution in [-0.2, 0) is 0 Å². The molecule has 4 nitrogen and oxygen atoms in total. The zero-order valence-corrected chi connectivity index (χ0v) is 12.3. The molecule has 0 aliphatic carbocycles. The van der Waals surface area contributed by atoms with Gasteiger partial charge in [0.25, 0.3) is 5.91 Å². The van der Waals surface area contributed by atoms with Crippen LogP contribution in [0.2, 0.25) is 0 Å². The summed E-state index contributed by atoms with van der Waals surface area (Å²) in [4.78, 5) is 15.4. The van der Waals surface area contributed by atoms with Crippen LogP contribution in [0.25, 0.3) is 0 Å². The van der Waals surface area contributed by atoms with E-state index in [-0.39, 0.29) is 34.8 Å². The van der Waals surface area contributed by atoms with Gasteiger partial charge in [-0.1, -0.05) is 0 Å². The van der Waals surface area contributed by atoms with Crippen LogP contribution >= 0.6 is 24.2 Å². The number of carbonyl (C=O) groups is 1. The molecule has 0 atom stereocenters. The molecule has 1 aromatic rings. The Kier molecular flexibility index (Phi) is 8.59. The Morgan fingerprint density at radius 2 is 2.10 bits per heavy atom. The molecule has 0 saturated heterocycles. The van der Waals surface area contributed by atoms with E-state index < -0.39 is 11.4 Å². The number of amides is 1. The summed E-state index contributed by atoms with van der Waals surface area (Å²) in [5, 5.41) is 5.14. The number of hydrogen-bond acceptors (Lipinski definition) is 4. The summed E-state index contributed by atoms with van der Waals surface area (Å²) in [5.74, 6) is -0.545. The number of rotatable bonds is 6. The van der Waals surface area contributed by atoms with Crippen LogP contribution < -0.4 is 10.6 Å². The molecule has 1 rings (SSSR count). The molecule has 0 unspecified atom stereocenters. The fourth-order valence-corrected chi connectivity index (χ4v) is 1.92. The normalized spacial score (nSPS) is 10.8. The van der Waals surface area contributed by atoms with E-state index in [2.05, 4.69) is 15.6 Å². The highest BCUT2D eigenvalue weighted by Gasteiger charge is 2.32. The number of alkyl halides is 3. The summed E-state index contributed by atoms with van der Waals surface area (Å²) in [5.41, 5.74) is -4.52. The van der Waals surface area contributed by atoms with E-state index in [1.165, 1.54) is 18.3 Å². The van der Waals surface area contributed by atoms with Crippen LogP contribution in [0.4, 0.5) is 13.2 Å². The third kappa shape index (κ3) is 6.97. The van der Waals surface area contributed by atoms with Crippen LogP contribution in [0.5, 0.6) is 0 Å². The Bertz CT molecular complexity index is 432. The molecule has 0 spiro atoms. The molecule has 0 aliphatic heterocycles. The van der Waals surface area contributed by atoms with Crippen molar-refractivity contribution < 1.29 is 18.0 Å². The van der Waals surface area contributed by atoms with Gasteiger partial charge in [0.2, 0.25) is 0 Å². The summed E-state index contributed by atoms with van der Waals surface area (Å²) in [6, 6.07) is 2.76. The first-order valence-electron chi connectivity index (χ1n) is 5.57. The monoisotopic (exact) mass is 329 g/mol. The SMILES string of the molecule is CNCCCNC(=O)c1cccnc1SC(F)(F)F.Cl. The summed E-state index contributed by atoms with van der Waals surface area (Å²) >= 11 is -0.385. The van der Waals surface area contributed by atoms with Gasteiger partial charge in [-0.05, 0) is 32.1 Å². The maximum Gasteiger partial charge on any atom is 0.447 e. The Morgan fingerprint density at radius 3 is 2.70 bits per heavy atom. The van der Waals surface area contributed by atoms with Crippen LogP contribution in [0.3, 0.4) is 0 Å². The molecule has 0 aliphatic rings. The van der Waals surface area contributed by atoms with Crippen LogP contribution in [0.15, 0.2) is 23.4 Å². The predicted octanol–water partition coefficient (Wildman–Crippen LogP) is 2.45. The van der Waals surface area contributed by atoms with Gasteiger partial charge < -0.3 is 10.6 Å². The van der Waals surface area contributed by atoms with Crippen molar-refractivity contribution in [2.45, 2.75) is 17.0 Å². The maximum absolute atomic E-state index is 12.3. The lowest BCUT2D eigenvalue weighted by atomic mass is 10.2. The van der Waals surface area contributed by atoms with Crippen molar-refractivity contribution in [2.24, 2.45) is 0 Å². The minimum Gasteiger partial charge on any atom is -0.352 e. The van der Waals surface area contributed by atoms with E-state index in [1.54, 1.807) is 7.05 Å². The average Bonchev–Trinajstić information content (AvgIpc) is 2.33. The Labute approximate surface area is 125 Å². The van der Waals surface area contributed by atoms with Crippen LogP contribution in [-0.4, -0.2) is 36.5 Å². The highest BCUT2D eigenvalue weighted by molar-refractivity contribution is 8.00. The molecular formula is C11H15ClF3N3OS. The zero-order valence-electron chi connectivity index (χ0n) is 10.7. The number of nitrogens with zero attached hydrogens (tertiary/aromatic N) is 1. The zero-order chi connectivity index (χ0) is 14.3. The number of pyridine rings is 1. The molecule has 0 bridgehead atoms.